The summed E-state index contributed by atoms with van der Waals surface area (Å²) in [6.07, 6.45) is 0.471. The molecule has 4 heteroatoms. The van der Waals surface area contributed by atoms with Crippen molar-refractivity contribution in [2.24, 2.45) is 0 Å². The highest BCUT2D eigenvalue weighted by molar-refractivity contribution is 6.30. The van der Waals surface area contributed by atoms with Gasteiger partial charge >= 0.3 is 0 Å². The smallest absolute Gasteiger partial charge is 0.221 e. The minimum atomic E-state index is 0.0338. The Morgan fingerprint density at radius 1 is 1.36 bits per heavy atom. The van der Waals surface area contributed by atoms with Crippen molar-refractivity contribution in [1.29, 1.82) is 0 Å². The molecule has 1 amide bonds. The lowest BCUT2D eigenvalue weighted by atomic mass is 10.3. The molecule has 0 atom stereocenters. The highest BCUT2D eigenvalue weighted by Gasteiger charge is 1.96. The molecule has 0 heterocycles. The summed E-state index contributed by atoms with van der Waals surface area (Å²) in [6.45, 7) is 0.626. The second kappa shape index (κ2) is 5.50. The molecule has 0 radical (unpaired) electrons. The molecule has 76 valence electrons. The van der Waals surface area contributed by atoms with Crippen LogP contribution >= 0.6 is 11.6 Å². The molecule has 2 N–H and O–H groups in total. The van der Waals surface area contributed by atoms with Gasteiger partial charge in [-0.25, -0.2) is 0 Å². The zero-order chi connectivity index (χ0) is 10.4. The van der Waals surface area contributed by atoms with E-state index in [1.807, 2.05) is 24.3 Å². The van der Waals surface area contributed by atoms with Crippen molar-refractivity contribution >= 4 is 23.2 Å². The predicted molar refractivity (Wildman–Crippen MR) is 58.6 cm³/mol. The van der Waals surface area contributed by atoms with Crippen molar-refractivity contribution in [1.82, 2.24) is 5.32 Å². The average molecular weight is 213 g/mol. The molecule has 0 aliphatic rings. The quantitative estimate of drug-likeness (QED) is 0.801. The van der Waals surface area contributed by atoms with E-state index in [0.717, 1.165) is 5.69 Å². The molecule has 0 fully saturated rings. The summed E-state index contributed by atoms with van der Waals surface area (Å²) in [5, 5.41) is 6.39. The van der Waals surface area contributed by atoms with Crippen molar-refractivity contribution in [3.8, 4) is 0 Å². The van der Waals surface area contributed by atoms with Crippen LogP contribution < -0.4 is 10.6 Å². The Labute approximate surface area is 88.5 Å². The molecule has 1 rings (SSSR count). The third-order valence-electron chi connectivity index (χ3n) is 1.80. The lowest BCUT2D eigenvalue weighted by Crippen LogP contribution is -2.20. The third kappa shape index (κ3) is 3.66. The molecule has 14 heavy (non-hydrogen) atoms. The van der Waals surface area contributed by atoms with Gasteiger partial charge in [0.05, 0.1) is 0 Å². The van der Waals surface area contributed by atoms with E-state index in [-0.39, 0.29) is 5.91 Å². The van der Waals surface area contributed by atoms with Gasteiger partial charge in [-0.05, 0) is 24.3 Å². The molecule has 3 nitrogen and oxygen atoms in total. The lowest BCUT2D eigenvalue weighted by molar-refractivity contribution is -0.120. The first-order chi connectivity index (χ1) is 6.72. The number of carbonyl (C=O) groups excluding carboxylic acids is 1. The number of carbonyl (C=O) groups is 1. The highest BCUT2D eigenvalue weighted by atomic mass is 35.5. The molecular formula is C10H13ClN2O. The maximum Gasteiger partial charge on any atom is 0.221 e. The van der Waals surface area contributed by atoms with Gasteiger partial charge in [-0.3, -0.25) is 4.79 Å². The molecule has 1 aromatic carbocycles. The van der Waals surface area contributed by atoms with Gasteiger partial charge in [-0.1, -0.05) is 11.6 Å². The Morgan fingerprint density at radius 3 is 2.57 bits per heavy atom. The van der Waals surface area contributed by atoms with Crippen LogP contribution in [0.3, 0.4) is 0 Å². The Bertz CT molecular complexity index is 297. The van der Waals surface area contributed by atoms with Crippen LogP contribution in [0.4, 0.5) is 5.69 Å². The van der Waals surface area contributed by atoms with Crippen LogP contribution in [0, 0.1) is 0 Å². The van der Waals surface area contributed by atoms with Crippen molar-refractivity contribution in [3.63, 3.8) is 0 Å². The van der Waals surface area contributed by atoms with Gasteiger partial charge in [0.2, 0.25) is 5.91 Å². The van der Waals surface area contributed by atoms with Gasteiger partial charge in [-0.2, -0.15) is 0 Å². The van der Waals surface area contributed by atoms with Crippen LogP contribution in [0.5, 0.6) is 0 Å². The van der Waals surface area contributed by atoms with Gasteiger partial charge in [-0.15, -0.1) is 0 Å². The number of anilines is 1. The van der Waals surface area contributed by atoms with Crippen molar-refractivity contribution in [2.45, 2.75) is 6.42 Å². The van der Waals surface area contributed by atoms with Crippen LogP contribution in [0.15, 0.2) is 24.3 Å². The second-order valence-electron chi connectivity index (χ2n) is 2.86. The Kier molecular flexibility index (Phi) is 4.26. The van der Waals surface area contributed by atoms with E-state index in [9.17, 15) is 4.79 Å². The number of rotatable bonds is 4. The molecule has 0 aromatic heterocycles. The molecule has 0 saturated heterocycles. The number of nitrogens with one attached hydrogen (secondary N) is 2. The Morgan fingerprint density at radius 2 is 2.00 bits per heavy atom. The van der Waals surface area contributed by atoms with E-state index in [2.05, 4.69) is 10.6 Å². The van der Waals surface area contributed by atoms with Crippen molar-refractivity contribution in [3.05, 3.63) is 29.3 Å². The fourth-order valence-electron chi connectivity index (χ4n) is 1.01. The first-order valence-corrected chi connectivity index (χ1v) is 4.80. The van der Waals surface area contributed by atoms with E-state index < -0.39 is 0 Å². The maximum absolute atomic E-state index is 10.9. The fourth-order valence-corrected chi connectivity index (χ4v) is 1.14. The minimum absolute atomic E-state index is 0.0338. The largest absolute Gasteiger partial charge is 0.385 e. The number of halogens is 1. The molecule has 1 aromatic rings. The van der Waals surface area contributed by atoms with E-state index in [4.69, 9.17) is 11.6 Å². The molecule has 0 saturated carbocycles. The predicted octanol–water partition coefficient (Wildman–Crippen LogP) is 1.89. The Hall–Kier alpha value is -1.22. The average Bonchev–Trinajstić information content (AvgIpc) is 2.21. The minimum Gasteiger partial charge on any atom is -0.385 e. The first-order valence-electron chi connectivity index (χ1n) is 4.42. The van der Waals surface area contributed by atoms with Gasteiger partial charge in [0.1, 0.15) is 0 Å². The third-order valence-corrected chi connectivity index (χ3v) is 2.06. The molecule has 0 bridgehead atoms. The number of hydrogen-bond donors (Lipinski definition) is 2. The van der Waals surface area contributed by atoms with Crippen LogP contribution in [-0.2, 0) is 4.79 Å². The summed E-state index contributed by atoms with van der Waals surface area (Å²) < 4.78 is 0. The molecule has 0 unspecified atom stereocenters. The molecule has 0 aliphatic heterocycles. The SMILES string of the molecule is CNC(=O)CCNc1ccc(Cl)cc1. The summed E-state index contributed by atoms with van der Waals surface area (Å²) in [6, 6.07) is 7.38. The summed E-state index contributed by atoms with van der Waals surface area (Å²) >= 11 is 5.73. The van der Waals surface area contributed by atoms with Gasteiger partial charge in [0.25, 0.3) is 0 Å². The number of benzene rings is 1. The fraction of sp³-hybridized carbons (Fsp3) is 0.300. The zero-order valence-corrected chi connectivity index (χ0v) is 8.77. The second-order valence-corrected chi connectivity index (χ2v) is 3.29. The topological polar surface area (TPSA) is 41.1 Å². The van der Waals surface area contributed by atoms with E-state index in [0.29, 0.717) is 18.0 Å². The monoisotopic (exact) mass is 212 g/mol. The zero-order valence-electron chi connectivity index (χ0n) is 8.01. The molecule has 0 spiro atoms. The van der Waals surface area contributed by atoms with Crippen LogP contribution in [0.2, 0.25) is 5.02 Å². The number of hydrogen-bond acceptors (Lipinski definition) is 2. The summed E-state index contributed by atoms with van der Waals surface area (Å²) in [5.74, 6) is 0.0338. The van der Waals surface area contributed by atoms with Gasteiger partial charge < -0.3 is 10.6 Å². The molecule has 0 aliphatic carbocycles. The van der Waals surface area contributed by atoms with Gasteiger partial charge in [0.15, 0.2) is 0 Å². The lowest BCUT2D eigenvalue weighted by Gasteiger charge is -2.05. The first kappa shape index (κ1) is 10.9. The van der Waals surface area contributed by atoms with Crippen molar-refractivity contribution in [2.75, 3.05) is 18.9 Å². The van der Waals surface area contributed by atoms with Crippen LogP contribution in [0.1, 0.15) is 6.42 Å². The highest BCUT2D eigenvalue weighted by Crippen LogP contribution is 2.12. The van der Waals surface area contributed by atoms with Crippen molar-refractivity contribution < 1.29 is 4.79 Å². The normalized spacial score (nSPS) is 9.57. The van der Waals surface area contributed by atoms with E-state index in [1.54, 1.807) is 7.05 Å². The van der Waals surface area contributed by atoms with E-state index >= 15 is 0 Å². The Balaban J connectivity index is 2.31. The summed E-state index contributed by atoms with van der Waals surface area (Å²) in [5.41, 5.74) is 0.971. The maximum atomic E-state index is 10.9. The number of amides is 1. The van der Waals surface area contributed by atoms with Crippen LogP contribution in [-0.4, -0.2) is 19.5 Å². The van der Waals surface area contributed by atoms with Gasteiger partial charge in [0, 0.05) is 30.7 Å². The van der Waals surface area contributed by atoms with E-state index in [1.165, 1.54) is 0 Å². The molecular weight excluding hydrogens is 200 g/mol. The summed E-state index contributed by atoms with van der Waals surface area (Å²) in [4.78, 5) is 10.9. The summed E-state index contributed by atoms with van der Waals surface area (Å²) in [7, 11) is 1.63. The van der Waals surface area contributed by atoms with Crippen LogP contribution in [0.25, 0.3) is 0 Å². The standard InChI is InChI=1S/C10H13ClN2O/c1-12-10(14)6-7-13-9-4-2-8(11)3-5-9/h2-5,13H,6-7H2,1H3,(H,12,14).